The van der Waals surface area contributed by atoms with E-state index in [2.05, 4.69) is 15.4 Å². The molecule has 1 amide bonds. The Hall–Kier alpha value is -3.85. The van der Waals surface area contributed by atoms with Gasteiger partial charge in [-0.15, -0.1) is 11.3 Å². The molecule has 0 saturated carbocycles. The quantitative estimate of drug-likeness (QED) is 0.510. The van der Waals surface area contributed by atoms with E-state index >= 15 is 0 Å². The predicted octanol–water partition coefficient (Wildman–Crippen LogP) is 3.99. The van der Waals surface area contributed by atoms with Gasteiger partial charge < -0.3 is 4.74 Å². The molecule has 0 fully saturated rings. The lowest BCUT2D eigenvalue weighted by Crippen LogP contribution is -2.27. The fourth-order valence-electron chi connectivity index (χ4n) is 3.54. The van der Waals surface area contributed by atoms with Crippen molar-refractivity contribution in [3.8, 4) is 22.7 Å². The summed E-state index contributed by atoms with van der Waals surface area (Å²) in [6, 6.07) is 13.1. The van der Waals surface area contributed by atoms with Crippen LogP contribution in [0.4, 0.5) is 9.52 Å². The number of anilines is 1. The van der Waals surface area contributed by atoms with Gasteiger partial charge in [0, 0.05) is 29.1 Å². The second-order valence-corrected chi connectivity index (χ2v) is 8.13. The minimum Gasteiger partial charge on any atom is -0.493 e. The Morgan fingerprint density at radius 1 is 1.22 bits per heavy atom. The van der Waals surface area contributed by atoms with Gasteiger partial charge >= 0.3 is 0 Å². The zero-order chi connectivity index (χ0) is 22.2. The third-order valence-electron chi connectivity index (χ3n) is 5.11. The van der Waals surface area contributed by atoms with Crippen LogP contribution in [0.1, 0.15) is 21.7 Å². The molecular formula is C23H17FN4O3S. The van der Waals surface area contributed by atoms with E-state index in [9.17, 15) is 14.0 Å². The largest absolute Gasteiger partial charge is 0.493 e. The number of fused-ring (bicyclic) bond motifs is 1. The first-order valence-corrected chi connectivity index (χ1v) is 10.8. The van der Waals surface area contributed by atoms with E-state index in [1.54, 1.807) is 19.1 Å². The number of thiazole rings is 1. The smallest absolute Gasteiger partial charge is 0.281 e. The van der Waals surface area contributed by atoms with E-state index in [1.807, 2.05) is 23.6 Å². The first kappa shape index (κ1) is 20.1. The van der Waals surface area contributed by atoms with Crippen LogP contribution < -0.4 is 15.5 Å². The molecule has 0 unspecified atom stereocenters. The van der Waals surface area contributed by atoms with Crippen LogP contribution in [-0.2, 0) is 6.42 Å². The van der Waals surface area contributed by atoms with Crippen molar-refractivity contribution in [2.45, 2.75) is 13.3 Å². The van der Waals surface area contributed by atoms with Crippen LogP contribution in [0.15, 0.2) is 58.7 Å². The number of halogens is 1. The van der Waals surface area contributed by atoms with E-state index < -0.39 is 17.2 Å². The number of para-hydroxylation sites is 1. The second-order valence-electron chi connectivity index (χ2n) is 7.27. The van der Waals surface area contributed by atoms with Crippen molar-refractivity contribution in [1.82, 2.24) is 14.8 Å². The van der Waals surface area contributed by atoms with Crippen LogP contribution >= 0.6 is 11.3 Å². The Bertz CT molecular complexity index is 1410. The van der Waals surface area contributed by atoms with Crippen molar-refractivity contribution >= 4 is 22.4 Å². The van der Waals surface area contributed by atoms with Gasteiger partial charge in [-0.25, -0.2) is 14.1 Å². The summed E-state index contributed by atoms with van der Waals surface area (Å²) in [5, 5.41) is 8.91. The molecular weight excluding hydrogens is 431 g/mol. The summed E-state index contributed by atoms with van der Waals surface area (Å²) in [5.74, 6) is -0.333. The molecule has 0 aliphatic carbocycles. The molecule has 1 aliphatic rings. The molecule has 1 N–H and O–H groups in total. The summed E-state index contributed by atoms with van der Waals surface area (Å²) < 4.78 is 21.0. The van der Waals surface area contributed by atoms with Crippen molar-refractivity contribution in [3.05, 3.63) is 86.9 Å². The Kier molecular flexibility index (Phi) is 5.02. The number of ether oxygens (including phenoxy) is 1. The van der Waals surface area contributed by atoms with Crippen LogP contribution in [0.3, 0.4) is 0 Å². The second kappa shape index (κ2) is 8.01. The SMILES string of the molecule is Cc1cc(=O)c(C(=O)Nc2nc(-c3ccc4c(c3)CCO4)cs2)nn1-c1ccccc1F. The van der Waals surface area contributed by atoms with Crippen LogP contribution in [0, 0.1) is 12.7 Å². The molecule has 2 aromatic heterocycles. The maximum absolute atomic E-state index is 14.2. The Balaban J connectivity index is 1.42. The van der Waals surface area contributed by atoms with Crippen molar-refractivity contribution in [1.29, 1.82) is 0 Å². The number of aryl methyl sites for hydroxylation is 1. The molecule has 160 valence electrons. The highest BCUT2D eigenvalue weighted by molar-refractivity contribution is 7.14. The number of amides is 1. The fourth-order valence-corrected chi connectivity index (χ4v) is 4.25. The summed E-state index contributed by atoms with van der Waals surface area (Å²) in [6.45, 7) is 2.29. The van der Waals surface area contributed by atoms with Gasteiger partial charge in [0.1, 0.15) is 17.3 Å². The highest BCUT2D eigenvalue weighted by Gasteiger charge is 2.19. The standard InChI is InChI=1S/C23H17FN4O3S/c1-13-10-19(29)21(27-28(13)18-5-3-2-4-16(18)24)22(30)26-23-25-17(12-32-23)14-6-7-20-15(11-14)8-9-31-20/h2-7,10-12H,8-9H2,1H3,(H,25,26,30). The van der Waals surface area contributed by atoms with E-state index in [4.69, 9.17) is 4.74 Å². The van der Waals surface area contributed by atoms with Gasteiger partial charge in [0.05, 0.1) is 12.3 Å². The molecule has 0 bridgehead atoms. The number of carbonyl (C=O) groups is 1. The average molecular weight is 448 g/mol. The van der Waals surface area contributed by atoms with Crippen LogP contribution in [0.5, 0.6) is 5.75 Å². The average Bonchev–Trinajstić information content (AvgIpc) is 3.43. The lowest BCUT2D eigenvalue weighted by Gasteiger charge is -2.11. The molecule has 1 aliphatic heterocycles. The molecule has 0 atom stereocenters. The number of rotatable bonds is 4. The lowest BCUT2D eigenvalue weighted by molar-refractivity contribution is 0.101. The highest BCUT2D eigenvalue weighted by Crippen LogP contribution is 2.32. The van der Waals surface area contributed by atoms with Crippen molar-refractivity contribution in [2.24, 2.45) is 0 Å². The molecule has 7 nitrogen and oxygen atoms in total. The zero-order valence-corrected chi connectivity index (χ0v) is 17.8. The fraction of sp³-hybridized carbons (Fsp3) is 0.130. The molecule has 5 rings (SSSR count). The van der Waals surface area contributed by atoms with Crippen molar-refractivity contribution < 1.29 is 13.9 Å². The van der Waals surface area contributed by atoms with E-state index in [1.165, 1.54) is 34.2 Å². The summed E-state index contributed by atoms with van der Waals surface area (Å²) in [4.78, 5) is 29.7. The van der Waals surface area contributed by atoms with E-state index in [0.29, 0.717) is 23.1 Å². The molecule has 2 aromatic carbocycles. The minimum absolute atomic E-state index is 0.149. The van der Waals surface area contributed by atoms with Gasteiger partial charge in [0.25, 0.3) is 5.91 Å². The van der Waals surface area contributed by atoms with Crippen LogP contribution in [0.25, 0.3) is 16.9 Å². The maximum atomic E-state index is 14.2. The Morgan fingerprint density at radius 2 is 2.06 bits per heavy atom. The van der Waals surface area contributed by atoms with Crippen LogP contribution in [-0.4, -0.2) is 27.3 Å². The first-order valence-electron chi connectivity index (χ1n) is 9.88. The highest BCUT2D eigenvalue weighted by atomic mass is 32.1. The summed E-state index contributed by atoms with van der Waals surface area (Å²) in [5.41, 5.74) is 2.42. The Morgan fingerprint density at radius 3 is 2.91 bits per heavy atom. The van der Waals surface area contributed by atoms with Gasteiger partial charge in [-0.3, -0.25) is 14.9 Å². The number of hydrogen-bond acceptors (Lipinski definition) is 6. The minimum atomic E-state index is -0.705. The lowest BCUT2D eigenvalue weighted by atomic mass is 10.1. The molecule has 9 heteroatoms. The number of carbonyl (C=O) groups excluding carboxylic acids is 1. The zero-order valence-electron chi connectivity index (χ0n) is 17.0. The maximum Gasteiger partial charge on any atom is 0.281 e. The molecule has 3 heterocycles. The van der Waals surface area contributed by atoms with E-state index in [-0.39, 0.29) is 11.4 Å². The van der Waals surface area contributed by atoms with Gasteiger partial charge in [-0.2, -0.15) is 5.10 Å². The van der Waals surface area contributed by atoms with Crippen LogP contribution in [0.2, 0.25) is 0 Å². The van der Waals surface area contributed by atoms with Gasteiger partial charge in [0.2, 0.25) is 5.43 Å². The normalized spacial score (nSPS) is 12.3. The summed E-state index contributed by atoms with van der Waals surface area (Å²) >= 11 is 1.24. The Labute approximate surface area is 186 Å². The third-order valence-corrected chi connectivity index (χ3v) is 5.87. The topological polar surface area (TPSA) is 86.1 Å². The molecule has 4 aromatic rings. The van der Waals surface area contributed by atoms with E-state index in [0.717, 1.165) is 23.3 Å². The third kappa shape index (κ3) is 3.67. The number of benzene rings is 2. The number of aromatic nitrogens is 3. The van der Waals surface area contributed by atoms with Gasteiger partial charge in [0.15, 0.2) is 10.8 Å². The molecule has 0 radical (unpaired) electrons. The van der Waals surface area contributed by atoms with Gasteiger partial charge in [-0.05, 0) is 42.8 Å². The van der Waals surface area contributed by atoms with Gasteiger partial charge in [-0.1, -0.05) is 12.1 Å². The van der Waals surface area contributed by atoms with Crippen molar-refractivity contribution in [3.63, 3.8) is 0 Å². The summed E-state index contributed by atoms with van der Waals surface area (Å²) in [7, 11) is 0. The summed E-state index contributed by atoms with van der Waals surface area (Å²) in [6.07, 6.45) is 0.851. The molecule has 0 saturated heterocycles. The monoisotopic (exact) mass is 448 g/mol. The molecule has 32 heavy (non-hydrogen) atoms. The number of nitrogens with one attached hydrogen (secondary N) is 1. The predicted molar refractivity (Wildman–Crippen MR) is 119 cm³/mol. The first-order chi connectivity index (χ1) is 15.5. The number of nitrogens with zero attached hydrogens (tertiary/aromatic N) is 3. The molecule has 0 spiro atoms. The van der Waals surface area contributed by atoms with Crippen molar-refractivity contribution in [2.75, 3.05) is 11.9 Å². The number of hydrogen-bond donors (Lipinski definition) is 1.